The molecule has 1 heterocycles. The molecule has 108 valence electrons. The van der Waals surface area contributed by atoms with Crippen LogP contribution in [0.3, 0.4) is 0 Å². The number of nitrogen functional groups attached to an aromatic ring is 1. The van der Waals surface area contributed by atoms with E-state index in [1.165, 1.54) is 6.07 Å². The third-order valence-electron chi connectivity index (χ3n) is 3.43. The zero-order valence-corrected chi connectivity index (χ0v) is 12.5. The van der Waals surface area contributed by atoms with Crippen LogP contribution in [0.25, 0.3) is 22.4 Å². The summed E-state index contributed by atoms with van der Waals surface area (Å²) in [5, 5.41) is 0.631. The van der Waals surface area contributed by atoms with Gasteiger partial charge in [-0.05, 0) is 50.2 Å². The van der Waals surface area contributed by atoms with Gasteiger partial charge in [0, 0.05) is 16.6 Å². The Labute approximate surface area is 127 Å². The van der Waals surface area contributed by atoms with E-state index in [4.69, 9.17) is 17.3 Å². The zero-order chi connectivity index (χ0) is 15.1. The summed E-state index contributed by atoms with van der Waals surface area (Å²) in [6.07, 6.45) is 0. The van der Waals surface area contributed by atoms with E-state index in [1.54, 1.807) is 12.1 Å². The molecule has 2 aromatic carbocycles. The molecule has 0 atom stereocenters. The Bertz CT molecular complexity index is 824. The van der Waals surface area contributed by atoms with E-state index in [2.05, 4.69) is 23.4 Å². The van der Waals surface area contributed by atoms with Gasteiger partial charge in [0.1, 0.15) is 11.6 Å². The normalized spacial score (nSPS) is 11.5. The Hall–Kier alpha value is -2.07. The molecule has 0 amide bonds. The molecule has 0 aliphatic rings. The van der Waals surface area contributed by atoms with E-state index in [9.17, 15) is 4.39 Å². The van der Waals surface area contributed by atoms with Crippen LogP contribution in [-0.2, 0) is 0 Å². The molecule has 3 nitrogen and oxygen atoms in total. The van der Waals surface area contributed by atoms with E-state index >= 15 is 0 Å². The second-order valence-corrected chi connectivity index (χ2v) is 5.70. The van der Waals surface area contributed by atoms with E-state index in [0.717, 1.165) is 11.0 Å². The quantitative estimate of drug-likeness (QED) is 0.700. The molecule has 0 unspecified atom stereocenters. The van der Waals surface area contributed by atoms with Gasteiger partial charge in [-0.15, -0.1) is 0 Å². The smallest absolute Gasteiger partial charge is 0.146 e. The van der Waals surface area contributed by atoms with E-state index in [1.807, 2.05) is 18.2 Å². The molecule has 0 aliphatic carbocycles. The molecule has 0 fully saturated rings. The second-order valence-electron chi connectivity index (χ2n) is 5.27. The average Bonchev–Trinajstić information content (AvgIpc) is 2.80. The van der Waals surface area contributed by atoms with Crippen molar-refractivity contribution in [3.63, 3.8) is 0 Å². The van der Waals surface area contributed by atoms with Crippen molar-refractivity contribution in [2.75, 3.05) is 5.73 Å². The van der Waals surface area contributed by atoms with Crippen molar-refractivity contribution in [1.82, 2.24) is 9.55 Å². The number of anilines is 1. The van der Waals surface area contributed by atoms with Crippen molar-refractivity contribution in [2.24, 2.45) is 0 Å². The fourth-order valence-electron chi connectivity index (χ4n) is 2.46. The zero-order valence-electron chi connectivity index (χ0n) is 11.8. The molecule has 3 aromatic rings. The number of rotatable bonds is 2. The van der Waals surface area contributed by atoms with Crippen molar-refractivity contribution in [1.29, 1.82) is 0 Å². The third-order valence-corrected chi connectivity index (χ3v) is 3.66. The fourth-order valence-corrected chi connectivity index (χ4v) is 2.63. The molecule has 2 N–H and O–H groups in total. The SMILES string of the molecule is CC(C)n1c(-c2ccc(N)c(F)c2)nc2cc(Cl)ccc21. The van der Waals surface area contributed by atoms with Gasteiger partial charge in [-0.2, -0.15) is 0 Å². The molecule has 21 heavy (non-hydrogen) atoms. The molecule has 0 aliphatic heterocycles. The molecule has 0 saturated heterocycles. The van der Waals surface area contributed by atoms with Crippen LogP contribution in [0.15, 0.2) is 36.4 Å². The number of halogens is 2. The monoisotopic (exact) mass is 303 g/mol. The highest BCUT2D eigenvalue weighted by atomic mass is 35.5. The van der Waals surface area contributed by atoms with Crippen LogP contribution >= 0.6 is 11.6 Å². The van der Waals surface area contributed by atoms with Crippen LogP contribution in [0.5, 0.6) is 0 Å². The van der Waals surface area contributed by atoms with E-state index in [0.29, 0.717) is 16.4 Å². The summed E-state index contributed by atoms with van der Waals surface area (Å²) >= 11 is 6.03. The molecular weight excluding hydrogens is 289 g/mol. The summed E-state index contributed by atoms with van der Waals surface area (Å²) in [5.74, 6) is 0.272. The van der Waals surface area contributed by atoms with Gasteiger partial charge in [-0.25, -0.2) is 9.37 Å². The maximum absolute atomic E-state index is 13.7. The maximum atomic E-state index is 13.7. The number of hydrogen-bond acceptors (Lipinski definition) is 2. The number of fused-ring (bicyclic) bond motifs is 1. The lowest BCUT2D eigenvalue weighted by molar-refractivity contribution is 0.620. The fraction of sp³-hybridized carbons (Fsp3) is 0.188. The molecule has 0 spiro atoms. The summed E-state index contributed by atoms with van der Waals surface area (Å²) < 4.78 is 15.8. The number of aromatic nitrogens is 2. The second kappa shape index (κ2) is 5.04. The van der Waals surface area contributed by atoms with Gasteiger partial charge >= 0.3 is 0 Å². The first-order valence-corrected chi connectivity index (χ1v) is 7.08. The molecule has 0 bridgehead atoms. The maximum Gasteiger partial charge on any atom is 0.146 e. The van der Waals surface area contributed by atoms with Gasteiger partial charge in [0.15, 0.2) is 0 Å². The predicted molar refractivity (Wildman–Crippen MR) is 84.9 cm³/mol. The summed E-state index contributed by atoms with van der Waals surface area (Å²) in [6, 6.07) is 10.5. The average molecular weight is 304 g/mol. The number of imidazole rings is 1. The molecule has 1 aromatic heterocycles. The first-order valence-electron chi connectivity index (χ1n) is 6.70. The lowest BCUT2D eigenvalue weighted by Gasteiger charge is -2.13. The summed E-state index contributed by atoms with van der Waals surface area (Å²) in [4.78, 5) is 4.61. The third kappa shape index (κ3) is 2.36. The Balaban J connectivity index is 2.30. The van der Waals surface area contributed by atoms with Crippen LogP contribution in [0.1, 0.15) is 19.9 Å². The van der Waals surface area contributed by atoms with E-state index in [-0.39, 0.29) is 11.7 Å². The number of nitrogens with two attached hydrogens (primary N) is 1. The topological polar surface area (TPSA) is 43.8 Å². The Morgan fingerprint density at radius 3 is 2.62 bits per heavy atom. The number of nitrogens with zero attached hydrogens (tertiary/aromatic N) is 2. The van der Waals surface area contributed by atoms with Crippen LogP contribution in [0.4, 0.5) is 10.1 Å². The van der Waals surface area contributed by atoms with Gasteiger partial charge in [0.25, 0.3) is 0 Å². The minimum atomic E-state index is -0.437. The molecule has 3 rings (SSSR count). The predicted octanol–water partition coefficient (Wildman–Crippen LogP) is 4.66. The van der Waals surface area contributed by atoms with Crippen molar-refractivity contribution in [3.05, 3.63) is 47.2 Å². The Morgan fingerprint density at radius 1 is 1.19 bits per heavy atom. The molecular formula is C16H15ClFN3. The summed E-state index contributed by atoms with van der Waals surface area (Å²) in [5.41, 5.74) is 8.14. The molecule has 5 heteroatoms. The van der Waals surface area contributed by atoms with Crippen LogP contribution in [0, 0.1) is 5.82 Å². The van der Waals surface area contributed by atoms with Crippen LogP contribution < -0.4 is 5.73 Å². The van der Waals surface area contributed by atoms with Crippen molar-refractivity contribution in [3.8, 4) is 11.4 Å². The van der Waals surface area contributed by atoms with Crippen LogP contribution in [-0.4, -0.2) is 9.55 Å². The van der Waals surface area contributed by atoms with Crippen LogP contribution in [0.2, 0.25) is 5.02 Å². The molecule has 0 saturated carbocycles. The standard InChI is InChI=1S/C16H15ClFN3/c1-9(2)21-15-6-4-11(17)8-14(15)20-16(21)10-3-5-13(19)12(18)7-10/h3-9H,19H2,1-2H3. The van der Waals surface area contributed by atoms with E-state index < -0.39 is 5.82 Å². The van der Waals surface area contributed by atoms with Gasteiger partial charge < -0.3 is 10.3 Å². The Kier molecular flexibility index (Phi) is 3.33. The minimum Gasteiger partial charge on any atom is -0.396 e. The highest BCUT2D eigenvalue weighted by Crippen LogP contribution is 2.30. The van der Waals surface area contributed by atoms with Gasteiger partial charge in [-0.1, -0.05) is 11.6 Å². The number of benzene rings is 2. The summed E-state index contributed by atoms with van der Waals surface area (Å²) in [6.45, 7) is 4.12. The van der Waals surface area contributed by atoms with Gasteiger partial charge in [-0.3, -0.25) is 0 Å². The first kappa shape index (κ1) is 13.9. The highest BCUT2D eigenvalue weighted by molar-refractivity contribution is 6.31. The Morgan fingerprint density at radius 2 is 1.95 bits per heavy atom. The summed E-state index contributed by atoms with van der Waals surface area (Å²) in [7, 11) is 0. The van der Waals surface area contributed by atoms with Crippen molar-refractivity contribution >= 4 is 28.3 Å². The molecule has 0 radical (unpaired) electrons. The van der Waals surface area contributed by atoms with Gasteiger partial charge in [0.05, 0.1) is 16.7 Å². The van der Waals surface area contributed by atoms with Gasteiger partial charge in [0.2, 0.25) is 0 Å². The van der Waals surface area contributed by atoms with Crippen molar-refractivity contribution in [2.45, 2.75) is 19.9 Å². The lowest BCUT2D eigenvalue weighted by Crippen LogP contribution is -2.03. The first-order chi connectivity index (χ1) is 9.97. The highest BCUT2D eigenvalue weighted by Gasteiger charge is 2.16. The largest absolute Gasteiger partial charge is 0.396 e. The van der Waals surface area contributed by atoms with Crippen molar-refractivity contribution < 1.29 is 4.39 Å². The lowest BCUT2D eigenvalue weighted by atomic mass is 10.1. The number of hydrogen-bond donors (Lipinski definition) is 1. The minimum absolute atomic E-state index is 0.133.